The van der Waals surface area contributed by atoms with Crippen LogP contribution in [-0.2, 0) is 107 Å². The number of unbranched alkanes of at least 4 members (excludes halogenated alkanes) is 1. The SMILES string of the molecule is CCCC[C@@H](C(=O)N1C[C@H](O)C[C@@H]1C(=O)N[C@H](C=O)CC(=O)O)N(C)C(=O)C(Cc1ccccc1)N(C)C(=O)[C@H](Cc1cc(F)c(F)c(F)c1)NC(=O)CSC[C@H](NC(=O)[C@H](CCCN)NC(=O)[C@H](CC1=CC=C(O)CC1C)NC(=O)[C@H](Cc1c[nH]c2ccccc12)NC(=O)[C@H]1C[C@@H](O)CN1C(=O)[C@H](CC(=O)O)NC(=O)C(Cc1ccccc1)N(C)C(=O)[C@@H](N)C(C)C)C(=O)NCC(N)=O. The summed E-state index contributed by atoms with van der Waals surface area (Å²) in [6, 6.07) is 3.79. The molecule has 16 atom stereocenters. The molecule has 2 fully saturated rings. The number of allylic oxidation sites excluding steroid dienone is 3. The number of primary amides is 1. The Kier molecular flexibility index (Phi) is 40.4. The monoisotopic (exact) mass is 1900 g/mol. The molecule has 1 aromatic heterocycles. The lowest BCUT2D eigenvalue weighted by Gasteiger charge is -2.37. The van der Waals surface area contributed by atoms with Crippen molar-refractivity contribution in [2.75, 3.05) is 58.8 Å². The van der Waals surface area contributed by atoms with Gasteiger partial charge in [0.2, 0.25) is 82.7 Å². The van der Waals surface area contributed by atoms with Crippen LogP contribution in [0.2, 0.25) is 0 Å². The third-order valence-corrected chi connectivity index (χ3v) is 24.8. The molecular weight excluding hydrogens is 1780 g/mol. The lowest BCUT2D eigenvalue weighted by atomic mass is 9.87. The minimum atomic E-state index is -1.93. The number of fused-ring (bicyclic) bond motifs is 1. The van der Waals surface area contributed by atoms with E-state index in [4.69, 9.17) is 17.2 Å². The van der Waals surface area contributed by atoms with E-state index in [1.807, 2.05) is 0 Å². The zero-order valence-corrected chi connectivity index (χ0v) is 76.7. The number of carboxylic acids is 2. The summed E-state index contributed by atoms with van der Waals surface area (Å²) in [5.41, 5.74) is 19.8. The molecule has 39 nitrogen and oxygen atoms in total. The van der Waals surface area contributed by atoms with E-state index in [1.165, 1.54) is 26.2 Å². The summed E-state index contributed by atoms with van der Waals surface area (Å²) in [5.74, 6) is -24.5. The normalized spacial score (nSPS) is 18.3. The van der Waals surface area contributed by atoms with Crippen LogP contribution in [0.15, 0.2) is 127 Å². The highest BCUT2D eigenvalue weighted by molar-refractivity contribution is 8.00. The molecule has 0 radical (unpaired) electrons. The van der Waals surface area contributed by atoms with Crippen molar-refractivity contribution < 1.29 is 120 Å². The lowest BCUT2D eigenvalue weighted by Crippen LogP contribution is -2.61. The van der Waals surface area contributed by atoms with Crippen LogP contribution in [-0.4, -0.2) is 306 Å². The van der Waals surface area contributed by atoms with E-state index in [0.29, 0.717) is 69.9 Å². The standard InChI is InChI=1S/C92H120F3N17O22S/c1-8-9-26-70(91(133)112-45-59(116)39-72(112)86(128)101-56(46-113)38-77(119)120)108(5)90(132)74(35-52-21-14-11-15-22-52)110(7)88(130)67(33-53-31-61(93)79(95)62(94)32-53)102-76(118)48-135-47-69(81(123)100-43-75(97)117)107-82(124)64(25-18-29-96)103-83(125)65(36-54-27-28-57(114)30-50(54)4)104-84(126)66(37-55-42-99-63-24-17-16-23-60(55)63)105-87(129)73-40-58(115)44-111(73)89(131)68(41-78(121)122)106-85(127)71(34-51-19-12-10-13-20-51)109(6)92(134)80(98)49(2)3/h10-17,19-24,27-28,31-32,42,46,49-50,56,58-59,64-74,80,99,114-116H,8-9,18,25-26,29-30,33-41,43-45,47-48,96,98H2,1-7H3,(H2,97,117)(H,100,123)(H,101,128)(H,102,118)(H,103,125)(H,104,126)(H,105,129)(H,106,127)(H,107,124)(H,119,120)(H,121,122)/t50?,56-,58+,59+,64-,65-,66-,67-,68-,69-,70-,71?,72+,73+,74?,80-/m0/s1. The number of carbonyl (C=O) groups is 17. The second-order valence-electron chi connectivity index (χ2n) is 34.3. The predicted octanol–water partition coefficient (Wildman–Crippen LogP) is -0.152. The van der Waals surface area contributed by atoms with Crippen molar-refractivity contribution in [3.63, 3.8) is 0 Å². The number of H-pyrrole nitrogens is 1. The Labute approximate surface area is 781 Å². The maximum absolute atomic E-state index is 15.5. The molecule has 732 valence electrons. The van der Waals surface area contributed by atoms with Crippen molar-refractivity contribution in [2.45, 2.75) is 215 Å². The van der Waals surface area contributed by atoms with Crippen molar-refractivity contribution in [1.82, 2.24) is 72.0 Å². The lowest BCUT2D eigenvalue weighted by molar-refractivity contribution is -0.152. The number of nitrogens with zero attached hydrogens (tertiary/aromatic N) is 5. The van der Waals surface area contributed by atoms with Gasteiger partial charge in [0.05, 0.1) is 55.2 Å². The number of rotatable bonds is 50. The maximum Gasteiger partial charge on any atom is 0.305 e. The third-order valence-electron chi connectivity index (χ3n) is 23.8. The van der Waals surface area contributed by atoms with Crippen molar-refractivity contribution in [3.05, 3.63) is 166 Å². The highest BCUT2D eigenvalue weighted by Gasteiger charge is 2.48. The van der Waals surface area contributed by atoms with Crippen LogP contribution in [0, 0.1) is 29.3 Å². The van der Waals surface area contributed by atoms with Gasteiger partial charge in [-0.25, -0.2) is 13.2 Å². The predicted molar refractivity (Wildman–Crippen MR) is 486 cm³/mol. The van der Waals surface area contributed by atoms with Crippen molar-refractivity contribution in [3.8, 4) is 0 Å². The summed E-state index contributed by atoms with van der Waals surface area (Å²) in [5, 5.41) is 73.1. The summed E-state index contributed by atoms with van der Waals surface area (Å²) < 4.78 is 44.9. The largest absolute Gasteiger partial charge is 0.512 e. The number of amides is 14. The van der Waals surface area contributed by atoms with E-state index in [0.717, 1.165) is 31.5 Å². The van der Waals surface area contributed by atoms with E-state index in [-0.39, 0.29) is 87.9 Å². The number of likely N-dealkylation sites (tertiary alicyclic amines) is 2. The van der Waals surface area contributed by atoms with Crippen LogP contribution in [0.3, 0.4) is 0 Å². The van der Waals surface area contributed by atoms with Crippen molar-refractivity contribution in [1.29, 1.82) is 0 Å². The highest BCUT2D eigenvalue weighted by atomic mass is 32.2. The molecule has 8 rings (SSSR count). The van der Waals surface area contributed by atoms with Gasteiger partial charge in [-0.1, -0.05) is 131 Å². The molecule has 0 bridgehead atoms. The van der Waals surface area contributed by atoms with Gasteiger partial charge in [0.25, 0.3) is 0 Å². The van der Waals surface area contributed by atoms with Gasteiger partial charge in [-0.2, -0.15) is 0 Å². The number of aliphatic hydroxyl groups is 3. The first-order valence-electron chi connectivity index (χ1n) is 44.2. The van der Waals surface area contributed by atoms with Crippen LogP contribution in [0.1, 0.15) is 121 Å². The van der Waals surface area contributed by atoms with Gasteiger partial charge in [-0.15, -0.1) is 11.8 Å². The molecule has 3 aliphatic rings. The number of hydrogen-bond acceptors (Lipinski definition) is 23. The Hall–Kier alpha value is -13.1. The fourth-order valence-electron chi connectivity index (χ4n) is 16.2. The number of hydrogen-bond donors (Lipinski definition) is 17. The quantitative estimate of drug-likeness (QED) is 0.0178. The van der Waals surface area contributed by atoms with E-state index >= 15 is 32.8 Å². The number of aliphatic carboxylic acids is 2. The molecule has 3 unspecified atom stereocenters. The number of aromatic amines is 1. The summed E-state index contributed by atoms with van der Waals surface area (Å²) in [6.07, 6.45) is -2.24. The number of aromatic nitrogens is 1. The zero-order chi connectivity index (χ0) is 99.4. The maximum atomic E-state index is 15.5. The number of carbonyl (C=O) groups excluding carboxylic acids is 15. The average Bonchev–Trinajstić information content (AvgIpc) is 1.76. The van der Waals surface area contributed by atoms with Crippen molar-refractivity contribution in [2.24, 2.45) is 29.0 Å². The molecule has 3 heterocycles. The number of nitrogens with two attached hydrogens (primary N) is 3. The highest BCUT2D eigenvalue weighted by Crippen LogP contribution is 2.31. The first kappa shape index (κ1) is 107. The molecule has 135 heavy (non-hydrogen) atoms. The smallest absolute Gasteiger partial charge is 0.305 e. The Morgan fingerprint density at radius 1 is 0.578 bits per heavy atom. The Morgan fingerprint density at radius 3 is 1.68 bits per heavy atom. The summed E-state index contributed by atoms with van der Waals surface area (Å²) >= 11 is 0.626. The van der Waals surface area contributed by atoms with Crippen LogP contribution in [0.25, 0.3) is 10.9 Å². The number of nitrogens with one attached hydrogen (secondary N) is 9. The van der Waals surface area contributed by atoms with Crippen molar-refractivity contribution >= 4 is 124 Å². The number of benzene rings is 4. The topological polar surface area (TPSA) is 598 Å². The first-order valence-corrected chi connectivity index (χ1v) is 45.4. The number of thioether (sulfide) groups is 1. The number of likely N-dealkylation sites (N-methyl/N-ethyl adjacent to an activating group) is 3. The molecular formula is C92H120F3N17O22S. The third kappa shape index (κ3) is 30.4. The molecule has 2 aliphatic heterocycles. The Bertz CT molecular complexity index is 5150. The minimum Gasteiger partial charge on any atom is -0.512 e. The second-order valence-corrected chi connectivity index (χ2v) is 35.4. The molecule has 14 amide bonds. The van der Waals surface area contributed by atoms with Gasteiger partial charge in [-0.05, 0) is 90.6 Å². The number of aliphatic hydroxyl groups excluding tert-OH is 3. The minimum absolute atomic E-state index is 0.00590. The van der Waals surface area contributed by atoms with Crippen LogP contribution in [0.4, 0.5) is 13.2 Å². The summed E-state index contributed by atoms with van der Waals surface area (Å²) in [4.78, 5) is 248. The number of β-amino-alcohol motifs (C(OH)–C–C–N with tert-alkyl or cyclic N) is 2. The molecule has 0 spiro atoms. The molecule has 2 saturated heterocycles. The fourth-order valence-corrected chi connectivity index (χ4v) is 17.1. The number of aldehydes is 1. The fraction of sp³-hybridized carbons (Fsp3) is 0.489. The van der Waals surface area contributed by atoms with Crippen LogP contribution < -0.4 is 59.7 Å². The molecule has 5 aromatic rings. The Balaban J connectivity index is 1.05. The van der Waals surface area contributed by atoms with E-state index in [9.17, 15) is 87.5 Å². The van der Waals surface area contributed by atoms with E-state index in [2.05, 4.69) is 47.5 Å². The zero-order valence-electron chi connectivity index (χ0n) is 75.9. The second kappa shape index (κ2) is 50.8. The van der Waals surface area contributed by atoms with E-state index < -0.39 is 266 Å². The van der Waals surface area contributed by atoms with E-state index in [1.54, 1.807) is 119 Å². The van der Waals surface area contributed by atoms with Crippen LogP contribution >= 0.6 is 11.8 Å². The molecule has 1 aliphatic carbocycles. The molecule has 0 saturated carbocycles. The average molecular weight is 1910 g/mol. The number of para-hydroxylation sites is 1. The Morgan fingerprint density at radius 2 is 1.11 bits per heavy atom. The van der Waals surface area contributed by atoms with Crippen LogP contribution in [0.5, 0.6) is 0 Å². The summed E-state index contributed by atoms with van der Waals surface area (Å²) in [7, 11) is 3.74. The number of carboxylic acid groups (broad SMARTS) is 2. The molecule has 43 heteroatoms. The number of halogens is 3. The first-order chi connectivity index (χ1) is 64.0. The van der Waals surface area contributed by atoms with Gasteiger partial charge in [0.15, 0.2) is 17.5 Å². The van der Waals surface area contributed by atoms with Gasteiger partial charge >= 0.3 is 11.9 Å². The van der Waals surface area contributed by atoms with Gasteiger partial charge in [0, 0.05) is 102 Å². The summed E-state index contributed by atoms with van der Waals surface area (Å²) in [6.45, 7) is 4.96. The molecule has 20 N–H and O–H groups in total. The van der Waals surface area contributed by atoms with Gasteiger partial charge in [0.1, 0.15) is 72.7 Å². The van der Waals surface area contributed by atoms with Gasteiger partial charge < -0.3 is 120 Å². The molecule has 4 aromatic carbocycles. The van der Waals surface area contributed by atoms with Gasteiger partial charge in [-0.3, -0.25) is 76.7 Å².